The van der Waals surface area contributed by atoms with E-state index in [-0.39, 0.29) is 0 Å². The van der Waals surface area contributed by atoms with Crippen LogP contribution in [0.4, 0.5) is 5.69 Å². The Morgan fingerprint density at radius 1 is 1.50 bits per heavy atom. The van der Waals surface area contributed by atoms with Gasteiger partial charge in [-0.25, -0.2) is 0 Å². The normalized spacial score (nSPS) is 16.4. The SMILES string of the molecule is Cc1ccc(C#N)c(NCC(C)N(C)C2CC2)c1. The fraction of sp³-hybridized carbons (Fsp3) is 0.533. The van der Waals surface area contributed by atoms with E-state index in [1.807, 2.05) is 25.1 Å². The van der Waals surface area contributed by atoms with Gasteiger partial charge in [-0.3, -0.25) is 4.90 Å². The maximum Gasteiger partial charge on any atom is 0.101 e. The van der Waals surface area contributed by atoms with Gasteiger partial charge in [0.2, 0.25) is 0 Å². The van der Waals surface area contributed by atoms with Crippen LogP contribution < -0.4 is 5.32 Å². The first kappa shape index (κ1) is 12.9. The van der Waals surface area contributed by atoms with Crippen LogP contribution in [0.1, 0.15) is 30.9 Å². The van der Waals surface area contributed by atoms with Crippen molar-refractivity contribution in [2.45, 2.75) is 38.8 Å². The molecule has 0 amide bonds. The van der Waals surface area contributed by atoms with Gasteiger partial charge in [-0.15, -0.1) is 0 Å². The third kappa shape index (κ3) is 3.02. The Hall–Kier alpha value is -1.53. The third-order valence-electron chi connectivity index (χ3n) is 3.70. The Morgan fingerprint density at radius 2 is 2.22 bits per heavy atom. The highest BCUT2D eigenvalue weighted by Gasteiger charge is 2.28. The van der Waals surface area contributed by atoms with Crippen molar-refractivity contribution in [3.8, 4) is 6.07 Å². The van der Waals surface area contributed by atoms with Crippen molar-refractivity contribution in [3.63, 3.8) is 0 Å². The van der Waals surface area contributed by atoms with Gasteiger partial charge in [0.1, 0.15) is 6.07 Å². The van der Waals surface area contributed by atoms with E-state index in [0.29, 0.717) is 6.04 Å². The van der Waals surface area contributed by atoms with E-state index in [2.05, 4.69) is 30.3 Å². The standard InChI is InChI=1S/C15H21N3/c1-11-4-5-13(9-16)15(8-11)17-10-12(2)18(3)14-6-7-14/h4-5,8,12,14,17H,6-7,10H2,1-3H3. The molecule has 1 aliphatic rings. The maximum absolute atomic E-state index is 9.08. The molecule has 0 aliphatic heterocycles. The van der Waals surface area contributed by atoms with Crippen LogP contribution in [-0.2, 0) is 0 Å². The minimum absolute atomic E-state index is 0.490. The van der Waals surface area contributed by atoms with Crippen molar-refractivity contribution in [3.05, 3.63) is 29.3 Å². The molecule has 0 heterocycles. The molecule has 0 aromatic heterocycles. The summed E-state index contributed by atoms with van der Waals surface area (Å²) in [4.78, 5) is 2.43. The lowest BCUT2D eigenvalue weighted by Crippen LogP contribution is -2.36. The monoisotopic (exact) mass is 243 g/mol. The highest BCUT2D eigenvalue weighted by Crippen LogP contribution is 2.27. The predicted octanol–water partition coefficient (Wildman–Crippen LogP) is 2.76. The minimum Gasteiger partial charge on any atom is -0.382 e. The topological polar surface area (TPSA) is 39.1 Å². The van der Waals surface area contributed by atoms with Crippen LogP contribution in [0.2, 0.25) is 0 Å². The fourth-order valence-corrected chi connectivity index (χ4v) is 2.15. The summed E-state index contributed by atoms with van der Waals surface area (Å²) in [6.45, 7) is 5.16. The van der Waals surface area contributed by atoms with Crippen molar-refractivity contribution in [1.82, 2.24) is 4.90 Å². The first-order valence-corrected chi connectivity index (χ1v) is 6.58. The van der Waals surface area contributed by atoms with Gasteiger partial charge in [0.05, 0.1) is 11.3 Å². The maximum atomic E-state index is 9.08. The summed E-state index contributed by atoms with van der Waals surface area (Å²) in [7, 11) is 2.19. The van der Waals surface area contributed by atoms with Crippen molar-refractivity contribution < 1.29 is 0 Å². The number of likely N-dealkylation sites (N-methyl/N-ethyl adjacent to an activating group) is 1. The zero-order valence-electron chi connectivity index (χ0n) is 11.4. The molecule has 0 spiro atoms. The molecule has 1 saturated carbocycles. The summed E-state index contributed by atoms with van der Waals surface area (Å²) < 4.78 is 0. The van der Waals surface area contributed by atoms with Gasteiger partial charge < -0.3 is 5.32 Å². The average molecular weight is 243 g/mol. The Bertz CT molecular complexity index is 457. The van der Waals surface area contributed by atoms with Crippen molar-refractivity contribution in [1.29, 1.82) is 5.26 Å². The second-order valence-electron chi connectivity index (χ2n) is 5.29. The highest BCUT2D eigenvalue weighted by atomic mass is 15.2. The Kier molecular flexibility index (Phi) is 3.88. The molecule has 1 aromatic rings. The molecule has 1 unspecified atom stereocenters. The van der Waals surface area contributed by atoms with Gasteiger partial charge in [0.15, 0.2) is 0 Å². The van der Waals surface area contributed by atoms with E-state index in [4.69, 9.17) is 5.26 Å². The molecule has 1 atom stereocenters. The summed E-state index contributed by atoms with van der Waals surface area (Å²) in [5.41, 5.74) is 2.86. The Labute approximate surface area is 109 Å². The van der Waals surface area contributed by atoms with E-state index in [1.165, 1.54) is 18.4 Å². The van der Waals surface area contributed by atoms with Gasteiger partial charge in [0, 0.05) is 18.6 Å². The molecule has 0 radical (unpaired) electrons. The quantitative estimate of drug-likeness (QED) is 0.864. The van der Waals surface area contributed by atoms with Crippen LogP contribution in [0, 0.1) is 18.3 Å². The first-order chi connectivity index (χ1) is 8.61. The summed E-state index contributed by atoms with van der Waals surface area (Å²) >= 11 is 0. The van der Waals surface area contributed by atoms with Crippen LogP contribution in [0.5, 0.6) is 0 Å². The van der Waals surface area contributed by atoms with Crippen molar-refractivity contribution in [2.24, 2.45) is 0 Å². The number of rotatable bonds is 5. The molecule has 1 aromatic carbocycles. The summed E-state index contributed by atoms with van der Waals surface area (Å²) in [5, 5.41) is 12.5. The van der Waals surface area contributed by atoms with Gasteiger partial charge in [0.25, 0.3) is 0 Å². The van der Waals surface area contributed by atoms with E-state index >= 15 is 0 Å². The summed E-state index contributed by atoms with van der Waals surface area (Å²) in [6.07, 6.45) is 2.66. The van der Waals surface area contributed by atoms with Gasteiger partial charge >= 0.3 is 0 Å². The molecule has 18 heavy (non-hydrogen) atoms. The number of nitrogens with zero attached hydrogens (tertiary/aromatic N) is 2. The van der Waals surface area contributed by atoms with E-state index in [9.17, 15) is 0 Å². The predicted molar refractivity (Wildman–Crippen MR) is 74.6 cm³/mol. The molecule has 0 saturated heterocycles. The molecule has 1 N–H and O–H groups in total. The average Bonchev–Trinajstić information content (AvgIpc) is 3.19. The molecule has 3 nitrogen and oxygen atoms in total. The number of nitriles is 1. The zero-order chi connectivity index (χ0) is 13.1. The first-order valence-electron chi connectivity index (χ1n) is 6.58. The lowest BCUT2D eigenvalue weighted by molar-refractivity contribution is 0.257. The van der Waals surface area contributed by atoms with Crippen molar-refractivity contribution >= 4 is 5.69 Å². The fourth-order valence-electron chi connectivity index (χ4n) is 2.15. The zero-order valence-corrected chi connectivity index (χ0v) is 11.4. The van der Waals surface area contributed by atoms with Crippen LogP contribution in [0.25, 0.3) is 0 Å². The summed E-state index contributed by atoms with van der Waals surface area (Å²) in [6, 6.07) is 9.40. The lowest BCUT2D eigenvalue weighted by atomic mass is 10.1. The second-order valence-corrected chi connectivity index (χ2v) is 5.29. The number of hydrogen-bond acceptors (Lipinski definition) is 3. The molecule has 1 fully saturated rings. The van der Waals surface area contributed by atoms with Gasteiger partial charge in [-0.1, -0.05) is 6.07 Å². The Balaban J connectivity index is 1.96. The van der Waals surface area contributed by atoms with E-state index in [0.717, 1.165) is 23.8 Å². The van der Waals surface area contributed by atoms with Crippen LogP contribution in [0.15, 0.2) is 18.2 Å². The molecular weight excluding hydrogens is 222 g/mol. The van der Waals surface area contributed by atoms with Crippen LogP contribution in [0.3, 0.4) is 0 Å². The van der Waals surface area contributed by atoms with Gasteiger partial charge in [-0.2, -0.15) is 5.26 Å². The van der Waals surface area contributed by atoms with Crippen LogP contribution >= 0.6 is 0 Å². The number of benzene rings is 1. The molecule has 3 heteroatoms. The Morgan fingerprint density at radius 3 is 2.83 bits per heavy atom. The summed E-state index contributed by atoms with van der Waals surface area (Å²) in [5.74, 6) is 0. The third-order valence-corrected chi connectivity index (χ3v) is 3.70. The van der Waals surface area contributed by atoms with E-state index in [1.54, 1.807) is 0 Å². The molecular formula is C15H21N3. The van der Waals surface area contributed by atoms with Crippen LogP contribution in [-0.4, -0.2) is 30.6 Å². The van der Waals surface area contributed by atoms with Crippen molar-refractivity contribution in [2.75, 3.05) is 18.9 Å². The minimum atomic E-state index is 0.490. The van der Waals surface area contributed by atoms with Gasteiger partial charge in [-0.05, 0) is 51.4 Å². The second kappa shape index (κ2) is 5.41. The highest BCUT2D eigenvalue weighted by molar-refractivity contribution is 5.58. The number of anilines is 1. The molecule has 2 rings (SSSR count). The van der Waals surface area contributed by atoms with E-state index < -0.39 is 0 Å². The number of nitrogens with one attached hydrogen (secondary N) is 1. The molecule has 1 aliphatic carbocycles. The smallest absolute Gasteiger partial charge is 0.101 e. The largest absolute Gasteiger partial charge is 0.382 e. The number of aryl methyl sites for hydroxylation is 1. The number of hydrogen-bond donors (Lipinski definition) is 1. The lowest BCUT2D eigenvalue weighted by Gasteiger charge is -2.25. The molecule has 0 bridgehead atoms. The molecule has 96 valence electrons.